The van der Waals surface area contributed by atoms with Crippen LogP contribution in [-0.4, -0.2) is 35.3 Å². The predicted octanol–water partition coefficient (Wildman–Crippen LogP) is 6.83. The molecule has 0 radical (unpaired) electrons. The van der Waals surface area contributed by atoms with E-state index in [1.807, 2.05) is 45.9 Å². The van der Waals surface area contributed by atoms with Crippen molar-refractivity contribution in [3.8, 4) is 11.6 Å². The summed E-state index contributed by atoms with van der Waals surface area (Å²) in [5, 5.41) is 0.497. The Hall–Kier alpha value is -3.78. The molecule has 0 bridgehead atoms. The van der Waals surface area contributed by atoms with Crippen LogP contribution in [-0.2, 0) is 16.1 Å². The molecule has 0 N–H and O–H groups in total. The first-order valence-electron chi connectivity index (χ1n) is 12.2. The molecule has 0 atom stereocenters. The van der Waals surface area contributed by atoms with Gasteiger partial charge in [-0.2, -0.15) is 4.98 Å². The molecule has 38 heavy (non-hydrogen) atoms. The summed E-state index contributed by atoms with van der Waals surface area (Å²) in [4.78, 5) is 34.5. The van der Waals surface area contributed by atoms with Gasteiger partial charge in [-0.25, -0.2) is 4.79 Å². The zero-order valence-electron chi connectivity index (χ0n) is 22.7. The van der Waals surface area contributed by atoms with Crippen molar-refractivity contribution in [1.29, 1.82) is 0 Å². The van der Waals surface area contributed by atoms with Gasteiger partial charge in [0.25, 0.3) is 5.91 Å². The van der Waals surface area contributed by atoms with Crippen LogP contribution in [0.15, 0.2) is 54.6 Å². The van der Waals surface area contributed by atoms with Crippen molar-refractivity contribution in [3.05, 3.63) is 70.7 Å². The number of hydrogen-bond donors (Lipinski definition) is 0. The number of carbonyl (C=O) groups is 2. The molecule has 8 nitrogen and oxygen atoms in total. The van der Waals surface area contributed by atoms with Crippen molar-refractivity contribution in [3.63, 3.8) is 0 Å². The van der Waals surface area contributed by atoms with Gasteiger partial charge in [-0.1, -0.05) is 23.7 Å². The number of hydrogen-bond acceptors (Lipinski definition) is 6. The van der Waals surface area contributed by atoms with Crippen LogP contribution in [0.25, 0.3) is 0 Å². The highest BCUT2D eigenvalue weighted by atomic mass is 35.5. The number of carbonyl (C=O) groups excluding carboxylic acids is 2. The molecule has 2 heterocycles. The lowest BCUT2D eigenvalue weighted by Gasteiger charge is -2.38. The van der Waals surface area contributed by atoms with E-state index in [9.17, 15) is 9.59 Å². The van der Waals surface area contributed by atoms with Crippen molar-refractivity contribution >= 4 is 40.8 Å². The molecular weight excluding hydrogens is 506 g/mol. The van der Waals surface area contributed by atoms with Crippen LogP contribution < -0.4 is 19.3 Å². The first-order chi connectivity index (χ1) is 17.8. The van der Waals surface area contributed by atoms with E-state index in [2.05, 4.69) is 0 Å². The number of halogens is 1. The Morgan fingerprint density at radius 3 is 2.50 bits per heavy atom. The highest BCUT2D eigenvalue weighted by Crippen LogP contribution is 2.42. The number of pyridine rings is 1. The summed E-state index contributed by atoms with van der Waals surface area (Å²) in [5.74, 6) is 1.000. The second-order valence-electron chi connectivity index (χ2n) is 10.6. The molecule has 0 unspecified atom stereocenters. The number of anilines is 3. The fourth-order valence-corrected chi connectivity index (χ4v) is 4.24. The van der Waals surface area contributed by atoms with E-state index in [0.29, 0.717) is 22.2 Å². The van der Waals surface area contributed by atoms with Crippen LogP contribution in [0.5, 0.6) is 11.6 Å². The largest absolute Gasteiger partial charge is 0.497 e. The number of methoxy groups -OCH3 is 1. The third kappa shape index (κ3) is 5.70. The van der Waals surface area contributed by atoms with Gasteiger partial charge in [0.2, 0.25) is 5.88 Å². The molecule has 1 aromatic heterocycles. The molecule has 3 aromatic rings. The normalized spacial score (nSPS) is 14.4. The lowest BCUT2D eigenvalue weighted by atomic mass is 10.0. The maximum Gasteiger partial charge on any atom is 0.416 e. The molecule has 0 aliphatic carbocycles. The quantitative estimate of drug-likeness (QED) is 0.355. The number of aryl methyl sites for hydroxylation is 1. The van der Waals surface area contributed by atoms with E-state index in [1.54, 1.807) is 57.4 Å². The molecule has 0 spiro atoms. The van der Waals surface area contributed by atoms with Crippen LogP contribution in [0.1, 0.15) is 45.7 Å². The van der Waals surface area contributed by atoms with E-state index in [1.165, 1.54) is 9.80 Å². The Balaban J connectivity index is 1.79. The average Bonchev–Trinajstić information content (AvgIpc) is 2.82. The third-order valence-electron chi connectivity index (χ3n) is 5.97. The summed E-state index contributed by atoms with van der Waals surface area (Å²) in [6, 6.07) is 16.1. The van der Waals surface area contributed by atoms with E-state index >= 15 is 0 Å². The molecular formula is C29H32ClN3O5. The van der Waals surface area contributed by atoms with Gasteiger partial charge < -0.3 is 14.2 Å². The second-order valence-corrected chi connectivity index (χ2v) is 11.0. The third-order valence-corrected chi connectivity index (χ3v) is 6.21. The number of ether oxygens (including phenoxy) is 3. The smallest absolute Gasteiger partial charge is 0.416 e. The van der Waals surface area contributed by atoms with Gasteiger partial charge in [0.1, 0.15) is 22.9 Å². The molecule has 0 saturated heterocycles. The van der Waals surface area contributed by atoms with E-state index in [-0.39, 0.29) is 18.3 Å². The van der Waals surface area contributed by atoms with Gasteiger partial charge in [0.05, 0.1) is 19.3 Å². The molecule has 2 aromatic carbocycles. The minimum atomic E-state index is -1.20. The summed E-state index contributed by atoms with van der Waals surface area (Å²) in [7, 11) is 1.61. The van der Waals surface area contributed by atoms with Gasteiger partial charge >= 0.3 is 6.09 Å². The van der Waals surface area contributed by atoms with Gasteiger partial charge in [-0.05, 0) is 95.1 Å². The van der Waals surface area contributed by atoms with Gasteiger partial charge in [-0.15, -0.1) is 0 Å². The Labute approximate surface area is 228 Å². The fraction of sp³-hybridized carbons (Fsp3) is 0.345. The number of amides is 2. The van der Waals surface area contributed by atoms with Gasteiger partial charge in [0, 0.05) is 5.02 Å². The Morgan fingerprint density at radius 1 is 1.13 bits per heavy atom. The van der Waals surface area contributed by atoms with Crippen LogP contribution in [0, 0.1) is 6.92 Å². The van der Waals surface area contributed by atoms with E-state index < -0.39 is 17.3 Å². The van der Waals surface area contributed by atoms with Crippen LogP contribution in [0.4, 0.5) is 22.0 Å². The standard InChI is InChI=1S/C29H32ClN3O5/c1-18-15-22(36-7)12-11-19(18)17-32(27(35)38-28(2,3)4)24-14-13-23-25(31-24)37-29(5,6)26(34)33(23)21-10-8-9-20(30)16-21/h8-16H,17H2,1-7H3. The first kappa shape index (κ1) is 27.3. The molecule has 4 rings (SSSR count). The minimum Gasteiger partial charge on any atom is -0.497 e. The number of nitrogens with zero attached hydrogens (tertiary/aromatic N) is 3. The van der Waals surface area contributed by atoms with Gasteiger partial charge in [0.15, 0.2) is 5.60 Å². The molecule has 0 saturated carbocycles. The summed E-state index contributed by atoms with van der Waals surface area (Å²) < 4.78 is 17.1. The Morgan fingerprint density at radius 2 is 1.87 bits per heavy atom. The van der Waals surface area contributed by atoms with Crippen molar-refractivity contribution < 1.29 is 23.8 Å². The van der Waals surface area contributed by atoms with Gasteiger partial charge in [-0.3, -0.25) is 14.6 Å². The van der Waals surface area contributed by atoms with Crippen LogP contribution in [0.2, 0.25) is 5.02 Å². The monoisotopic (exact) mass is 537 g/mol. The summed E-state index contributed by atoms with van der Waals surface area (Å²) in [6.07, 6.45) is -0.557. The molecule has 9 heteroatoms. The Kier molecular flexibility index (Phi) is 7.30. The fourth-order valence-electron chi connectivity index (χ4n) is 4.05. The Bertz CT molecular complexity index is 1380. The lowest BCUT2D eigenvalue weighted by molar-refractivity contribution is -0.132. The van der Waals surface area contributed by atoms with E-state index in [4.69, 9.17) is 30.8 Å². The van der Waals surface area contributed by atoms with E-state index in [0.717, 1.165) is 16.9 Å². The molecule has 0 fully saturated rings. The summed E-state index contributed by atoms with van der Waals surface area (Å²) in [5.41, 5.74) is 0.966. The van der Waals surface area contributed by atoms with Crippen molar-refractivity contribution in [2.24, 2.45) is 0 Å². The topological polar surface area (TPSA) is 81.2 Å². The second kappa shape index (κ2) is 10.2. The number of benzene rings is 2. The first-order valence-corrected chi connectivity index (χ1v) is 12.6. The number of rotatable bonds is 5. The molecule has 2 amide bonds. The zero-order valence-corrected chi connectivity index (χ0v) is 23.4. The van der Waals surface area contributed by atoms with Crippen molar-refractivity contribution in [2.75, 3.05) is 16.9 Å². The maximum absolute atomic E-state index is 13.4. The molecule has 1 aliphatic rings. The number of aromatic nitrogens is 1. The number of fused-ring (bicyclic) bond motifs is 1. The highest BCUT2D eigenvalue weighted by Gasteiger charge is 2.43. The lowest BCUT2D eigenvalue weighted by Crippen LogP contribution is -2.51. The molecule has 200 valence electrons. The highest BCUT2D eigenvalue weighted by molar-refractivity contribution is 6.31. The predicted molar refractivity (Wildman–Crippen MR) is 148 cm³/mol. The van der Waals surface area contributed by atoms with Crippen molar-refractivity contribution in [1.82, 2.24) is 4.98 Å². The summed E-state index contributed by atoms with van der Waals surface area (Å²) in [6.45, 7) is 10.9. The maximum atomic E-state index is 13.4. The molecule has 1 aliphatic heterocycles. The van der Waals surface area contributed by atoms with Crippen LogP contribution in [0.3, 0.4) is 0 Å². The minimum absolute atomic E-state index is 0.205. The average molecular weight is 538 g/mol. The van der Waals surface area contributed by atoms with Crippen molar-refractivity contribution in [2.45, 2.75) is 59.3 Å². The summed E-state index contributed by atoms with van der Waals surface area (Å²) >= 11 is 6.22. The zero-order chi connectivity index (χ0) is 27.8. The van der Waals surface area contributed by atoms with Crippen LogP contribution >= 0.6 is 11.6 Å². The SMILES string of the molecule is COc1ccc(CN(C(=O)OC(C)(C)C)c2ccc3c(n2)OC(C)(C)C(=O)N3c2cccc(Cl)c2)c(C)c1.